The number of hydrogen-bond acceptors (Lipinski definition) is 5. The van der Waals surface area contributed by atoms with E-state index in [4.69, 9.17) is 4.74 Å². The molecule has 0 saturated heterocycles. The summed E-state index contributed by atoms with van der Waals surface area (Å²) in [5, 5.41) is 2.57. The molecule has 0 saturated carbocycles. The summed E-state index contributed by atoms with van der Waals surface area (Å²) in [4.78, 5) is 27.6. The highest BCUT2D eigenvalue weighted by Gasteiger charge is 2.32. The molecule has 190 valence electrons. The van der Waals surface area contributed by atoms with Crippen molar-refractivity contribution in [3.8, 4) is 5.75 Å². The van der Waals surface area contributed by atoms with Gasteiger partial charge >= 0.3 is 0 Å². The number of para-hydroxylation sites is 1. The first-order valence-electron chi connectivity index (χ1n) is 11.5. The highest BCUT2D eigenvalue weighted by atomic mass is 32.2. The number of methoxy groups -OCH3 is 1. The molecule has 0 heterocycles. The highest BCUT2D eigenvalue weighted by Crippen LogP contribution is 2.25. The van der Waals surface area contributed by atoms with Gasteiger partial charge in [-0.3, -0.25) is 13.9 Å². The number of nitrogens with zero attached hydrogens (tertiary/aromatic N) is 2. The number of sulfonamides is 1. The fraction of sp³-hybridized carbons (Fsp3) is 0.259. The first kappa shape index (κ1) is 26.7. The lowest BCUT2D eigenvalue weighted by Gasteiger charge is -2.31. The van der Waals surface area contributed by atoms with Crippen molar-refractivity contribution >= 4 is 27.5 Å². The third kappa shape index (κ3) is 6.23. The van der Waals surface area contributed by atoms with Crippen LogP contribution in [-0.2, 0) is 26.2 Å². The maximum Gasteiger partial charge on any atom is 0.264 e. The molecule has 0 unspecified atom stereocenters. The molecule has 0 bridgehead atoms. The van der Waals surface area contributed by atoms with E-state index >= 15 is 0 Å². The third-order valence-electron chi connectivity index (χ3n) is 5.82. The van der Waals surface area contributed by atoms with E-state index in [-0.39, 0.29) is 17.3 Å². The van der Waals surface area contributed by atoms with Crippen LogP contribution in [0, 0.1) is 6.92 Å². The summed E-state index contributed by atoms with van der Waals surface area (Å²) in [5.74, 6) is -0.339. The molecule has 0 aromatic heterocycles. The number of benzene rings is 3. The molecule has 0 aliphatic rings. The minimum absolute atomic E-state index is 0.0181. The fourth-order valence-electron chi connectivity index (χ4n) is 3.80. The SMILES string of the molecule is CNC(=O)[C@H](C)N(Cc1cccc(C)c1)C(=O)CN(c1ccccc1)S(=O)(=O)c1ccc(OC)cc1. The second-order valence-corrected chi connectivity index (χ2v) is 10.2. The van der Waals surface area contributed by atoms with Crippen molar-refractivity contribution in [2.24, 2.45) is 0 Å². The predicted octanol–water partition coefficient (Wildman–Crippen LogP) is 3.36. The Balaban J connectivity index is 2.00. The van der Waals surface area contributed by atoms with Crippen molar-refractivity contribution in [3.63, 3.8) is 0 Å². The monoisotopic (exact) mass is 509 g/mol. The van der Waals surface area contributed by atoms with E-state index in [2.05, 4.69) is 5.32 Å². The molecule has 0 spiro atoms. The zero-order valence-electron chi connectivity index (χ0n) is 20.8. The number of nitrogens with one attached hydrogen (secondary N) is 1. The Morgan fingerprint density at radius 2 is 1.64 bits per heavy atom. The van der Waals surface area contributed by atoms with Gasteiger partial charge in [-0.25, -0.2) is 8.42 Å². The van der Waals surface area contributed by atoms with Crippen LogP contribution in [0.1, 0.15) is 18.1 Å². The standard InChI is InChI=1S/C27H31N3O5S/c1-20-9-8-10-22(17-20)18-29(21(2)27(32)28-3)26(31)19-30(23-11-6-5-7-12-23)36(33,34)25-15-13-24(35-4)14-16-25/h5-17,21H,18-19H2,1-4H3,(H,28,32)/t21-/m0/s1. The van der Waals surface area contributed by atoms with Crippen molar-refractivity contribution < 1.29 is 22.7 Å². The normalized spacial score (nSPS) is 11.9. The van der Waals surface area contributed by atoms with Crippen LogP contribution in [0.2, 0.25) is 0 Å². The number of aryl methyl sites for hydroxylation is 1. The Bertz CT molecular complexity index is 1290. The third-order valence-corrected chi connectivity index (χ3v) is 7.61. The lowest BCUT2D eigenvalue weighted by atomic mass is 10.1. The fourth-order valence-corrected chi connectivity index (χ4v) is 5.21. The number of ether oxygens (including phenoxy) is 1. The summed E-state index contributed by atoms with van der Waals surface area (Å²) in [7, 11) is -1.12. The van der Waals surface area contributed by atoms with Crippen LogP contribution >= 0.6 is 0 Å². The van der Waals surface area contributed by atoms with E-state index in [0.717, 1.165) is 15.4 Å². The lowest BCUT2D eigenvalue weighted by molar-refractivity contribution is -0.139. The van der Waals surface area contributed by atoms with E-state index in [1.54, 1.807) is 49.4 Å². The summed E-state index contributed by atoms with van der Waals surface area (Å²) >= 11 is 0. The van der Waals surface area contributed by atoms with Crippen LogP contribution in [0.25, 0.3) is 0 Å². The van der Waals surface area contributed by atoms with Crippen LogP contribution in [-0.4, -0.2) is 51.9 Å². The van der Waals surface area contributed by atoms with Crippen LogP contribution in [0.3, 0.4) is 0 Å². The number of anilines is 1. The summed E-state index contributed by atoms with van der Waals surface area (Å²) in [6.45, 7) is 3.24. The van der Waals surface area contributed by atoms with E-state index < -0.39 is 28.5 Å². The molecule has 3 aromatic carbocycles. The smallest absolute Gasteiger partial charge is 0.264 e. The Morgan fingerprint density at radius 1 is 0.972 bits per heavy atom. The Hall–Kier alpha value is -3.85. The molecule has 3 aromatic rings. The first-order valence-corrected chi connectivity index (χ1v) is 12.9. The zero-order valence-corrected chi connectivity index (χ0v) is 21.7. The highest BCUT2D eigenvalue weighted by molar-refractivity contribution is 7.92. The number of likely N-dealkylation sites (N-methyl/N-ethyl adjacent to an activating group) is 1. The van der Waals surface area contributed by atoms with Crippen molar-refractivity contribution in [3.05, 3.63) is 90.0 Å². The Labute approximate surface area is 212 Å². The van der Waals surface area contributed by atoms with Gasteiger partial charge in [0, 0.05) is 13.6 Å². The molecule has 2 amide bonds. The zero-order chi connectivity index (χ0) is 26.3. The van der Waals surface area contributed by atoms with Gasteiger partial charge < -0.3 is 15.0 Å². The molecule has 0 radical (unpaired) electrons. The number of rotatable bonds is 10. The maximum absolute atomic E-state index is 13.7. The Kier molecular flexibility index (Phi) is 8.71. The van der Waals surface area contributed by atoms with Gasteiger partial charge in [0.15, 0.2) is 0 Å². The van der Waals surface area contributed by atoms with Gasteiger partial charge in [-0.2, -0.15) is 0 Å². The molecule has 1 N–H and O–H groups in total. The van der Waals surface area contributed by atoms with Crippen molar-refractivity contribution in [1.29, 1.82) is 0 Å². The van der Waals surface area contributed by atoms with Crippen LogP contribution in [0.5, 0.6) is 5.75 Å². The van der Waals surface area contributed by atoms with Crippen molar-refractivity contribution in [2.45, 2.75) is 31.3 Å². The van der Waals surface area contributed by atoms with E-state index in [1.165, 1.54) is 31.2 Å². The summed E-state index contributed by atoms with van der Waals surface area (Å²) in [5.41, 5.74) is 2.19. The minimum atomic E-state index is -4.11. The van der Waals surface area contributed by atoms with Gasteiger partial charge in [-0.15, -0.1) is 0 Å². The Morgan fingerprint density at radius 3 is 2.22 bits per heavy atom. The van der Waals surface area contributed by atoms with Gasteiger partial charge in [0.1, 0.15) is 18.3 Å². The second kappa shape index (κ2) is 11.7. The average molecular weight is 510 g/mol. The number of carbonyl (C=O) groups excluding carboxylic acids is 2. The molecule has 36 heavy (non-hydrogen) atoms. The molecule has 0 aliphatic carbocycles. The van der Waals surface area contributed by atoms with E-state index in [0.29, 0.717) is 11.4 Å². The molecular weight excluding hydrogens is 478 g/mol. The largest absolute Gasteiger partial charge is 0.497 e. The molecule has 0 fully saturated rings. The van der Waals surface area contributed by atoms with Gasteiger partial charge in [-0.1, -0.05) is 48.0 Å². The summed E-state index contributed by atoms with van der Waals surface area (Å²) < 4.78 is 33.6. The number of hydrogen-bond donors (Lipinski definition) is 1. The molecular formula is C27H31N3O5S. The lowest BCUT2D eigenvalue weighted by Crippen LogP contribution is -2.50. The van der Waals surface area contributed by atoms with Gasteiger partial charge in [-0.05, 0) is 55.8 Å². The molecule has 9 heteroatoms. The van der Waals surface area contributed by atoms with E-state index in [1.807, 2.05) is 31.2 Å². The minimum Gasteiger partial charge on any atom is -0.497 e. The summed E-state index contributed by atoms with van der Waals surface area (Å²) in [6.07, 6.45) is 0. The van der Waals surface area contributed by atoms with Gasteiger partial charge in [0.25, 0.3) is 10.0 Å². The average Bonchev–Trinajstić information content (AvgIpc) is 2.89. The molecule has 0 aliphatic heterocycles. The van der Waals surface area contributed by atoms with Crippen molar-refractivity contribution in [1.82, 2.24) is 10.2 Å². The molecule has 1 atom stereocenters. The summed E-state index contributed by atoms with van der Waals surface area (Å²) in [6, 6.07) is 21.2. The van der Waals surface area contributed by atoms with Crippen LogP contribution < -0.4 is 14.4 Å². The topological polar surface area (TPSA) is 96.0 Å². The predicted molar refractivity (Wildman–Crippen MR) is 139 cm³/mol. The number of amides is 2. The maximum atomic E-state index is 13.7. The van der Waals surface area contributed by atoms with Crippen molar-refractivity contribution in [2.75, 3.05) is 25.0 Å². The quantitative estimate of drug-likeness (QED) is 0.452. The first-order chi connectivity index (χ1) is 17.2. The van der Waals surface area contributed by atoms with Crippen LogP contribution in [0.4, 0.5) is 5.69 Å². The molecule has 3 rings (SSSR count). The van der Waals surface area contributed by atoms with Gasteiger partial charge in [0.05, 0.1) is 17.7 Å². The van der Waals surface area contributed by atoms with Gasteiger partial charge in [0.2, 0.25) is 11.8 Å². The van der Waals surface area contributed by atoms with Crippen LogP contribution in [0.15, 0.2) is 83.8 Å². The number of carbonyl (C=O) groups is 2. The second-order valence-electron chi connectivity index (χ2n) is 8.32. The molecule has 8 nitrogen and oxygen atoms in total. The van der Waals surface area contributed by atoms with E-state index in [9.17, 15) is 18.0 Å².